The minimum atomic E-state index is -0.601. The number of rotatable bonds is 6. The number of anilines is 2. The second-order valence-electron chi connectivity index (χ2n) is 16.4. The normalized spacial score (nSPS) is 16.1. The van der Waals surface area contributed by atoms with Gasteiger partial charge < -0.3 is 19.4 Å². The number of amides is 3. The molecule has 0 saturated carbocycles. The van der Waals surface area contributed by atoms with Gasteiger partial charge in [0.25, 0.3) is 11.8 Å². The van der Waals surface area contributed by atoms with Crippen LogP contribution in [0.2, 0.25) is 0 Å². The molecule has 0 spiro atoms. The van der Waals surface area contributed by atoms with E-state index in [-0.39, 0.29) is 23.9 Å². The van der Waals surface area contributed by atoms with Crippen molar-refractivity contribution in [1.29, 1.82) is 0 Å². The standard InChI is InChI=1S/C46H47N9O4/c1-46(2,3)59-45(58)54-24-19-32-13-10-17-37(41(32)54)39-30-55(50-49-39)35-20-22-51(23-21-35)42(56)33-14-9-15-34(29-33)43(57)52-25-27-53(28-26-52)44-47-38-18-8-7-16-36(38)40(48-44)31-11-5-4-6-12-31/h4-18,29-30,35H,19-28H2,1-3H3. The third-order valence-corrected chi connectivity index (χ3v) is 11.4. The zero-order chi connectivity index (χ0) is 40.7. The van der Waals surface area contributed by atoms with Gasteiger partial charge in [-0.15, -0.1) is 5.10 Å². The molecule has 2 fully saturated rings. The van der Waals surface area contributed by atoms with Crippen LogP contribution in [0.15, 0.2) is 103 Å². The molecule has 13 nitrogen and oxygen atoms in total. The topological polar surface area (TPSA) is 130 Å². The first kappa shape index (κ1) is 37.9. The quantitative estimate of drug-likeness (QED) is 0.171. The second kappa shape index (κ2) is 15.6. The molecule has 300 valence electrons. The van der Waals surface area contributed by atoms with Crippen LogP contribution < -0.4 is 9.80 Å². The lowest BCUT2D eigenvalue weighted by Crippen LogP contribution is -2.49. The highest BCUT2D eigenvalue weighted by Gasteiger charge is 2.33. The van der Waals surface area contributed by atoms with Gasteiger partial charge in [0.05, 0.1) is 29.1 Å². The Labute approximate surface area is 343 Å². The van der Waals surface area contributed by atoms with Crippen molar-refractivity contribution >= 4 is 40.4 Å². The molecule has 9 rings (SSSR count). The number of ether oxygens (including phenoxy) is 1. The van der Waals surface area contributed by atoms with Crippen LogP contribution in [0.5, 0.6) is 0 Å². The van der Waals surface area contributed by atoms with E-state index in [0.29, 0.717) is 81.4 Å². The van der Waals surface area contributed by atoms with E-state index in [0.717, 1.165) is 45.4 Å². The summed E-state index contributed by atoms with van der Waals surface area (Å²) in [5.41, 5.74) is 6.65. The lowest BCUT2D eigenvalue weighted by Gasteiger charge is -2.35. The minimum absolute atomic E-state index is 0.0653. The summed E-state index contributed by atoms with van der Waals surface area (Å²) in [5.74, 6) is 0.468. The summed E-state index contributed by atoms with van der Waals surface area (Å²) in [4.78, 5) is 58.1. The van der Waals surface area contributed by atoms with Gasteiger partial charge in [-0.1, -0.05) is 78.0 Å². The number of nitrogens with zero attached hydrogens (tertiary/aromatic N) is 9. The summed E-state index contributed by atoms with van der Waals surface area (Å²) in [6.45, 7) is 9.47. The Morgan fingerprint density at radius 3 is 2.12 bits per heavy atom. The maximum absolute atomic E-state index is 13.8. The predicted octanol–water partition coefficient (Wildman–Crippen LogP) is 7.29. The molecule has 6 aromatic rings. The largest absolute Gasteiger partial charge is 0.443 e. The molecule has 5 heterocycles. The first-order valence-electron chi connectivity index (χ1n) is 20.4. The van der Waals surface area contributed by atoms with E-state index >= 15 is 0 Å². The Bertz CT molecular complexity index is 2530. The SMILES string of the molecule is CC(C)(C)OC(=O)N1CCc2cccc(-c3cn(C4CCN(C(=O)c5cccc(C(=O)N6CCN(c7nc(-c8ccccc8)c8ccccc8n7)CC6)c5)CC4)nn3)c21. The summed E-state index contributed by atoms with van der Waals surface area (Å²) >= 11 is 0. The maximum atomic E-state index is 13.8. The molecule has 0 aliphatic carbocycles. The van der Waals surface area contributed by atoms with Crippen LogP contribution in [-0.4, -0.2) is 104 Å². The third kappa shape index (κ3) is 7.72. The first-order valence-corrected chi connectivity index (χ1v) is 20.4. The minimum Gasteiger partial charge on any atom is -0.443 e. The summed E-state index contributed by atoms with van der Waals surface area (Å²) < 4.78 is 7.59. The first-order chi connectivity index (χ1) is 28.6. The highest BCUT2D eigenvalue weighted by molar-refractivity contribution is 6.00. The Morgan fingerprint density at radius 1 is 0.712 bits per heavy atom. The monoisotopic (exact) mass is 789 g/mol. The molecule has 3 aliphatic rings. The number of carbonyl (C=O) groups is 3. The van der Waals surface area contributed by atoms with E-state index < -0.39 is 5.60 Å². The molecule has 3 aliphatic heterocycles. The smallest absolute Gasteiger partial charge is 0.414 e. The number of para-hydroxylation sites is 2. The number of benzene rings is 4. The van der Waals surface area contributed by atoms with Gasteiger partial charge >= 0.3 is 6.09 Å². The van der Waals surface area contributed by atoms with Crippen LogP contribution in [0.3, 0.4) is 0 Å². The van der Waals surface area contributed by atoms with Gasteiger partial charge in [0.2, 0.25) is 5.95 Å². The van der Waals surface area contributed by atoms with Crippen molar-refractivity contribution in [2.45, 2.75) is 51.7 Å². The fraction of sp³-hybridized carbons (Fsp3) is 0.326. The molecule has 0 atom stereocenters. The van der Waals surface area contributed by atoms with Crippen LogP contribution in [-0.2, 0) is 11.2 Å². The van der Waals surface area contributed by atoms with Crippen molar-refractivity contribution in [1.82, 2.24) is 34.8 Å². The second-order valence-corrected chi connectivity index (χ2v) is 16.4. The number of carbonyl (C=O) groups excluding carboxylic acids is 3. The number of aromatic nitrogens is 5. The third-order valence-electron chi connectivity index (χ3n) is 11.4. The predicted molar refractivity (Wildman–Crippen MR) is 226 cm³/mol. The lowest BCUT2D eigenvalue weighted by molar-refractivity contribution is 0.0582. The average molecular weight is 790 g/mol. The maximum Gasteiger partial charge on any atom is 0.414 e. The van der Waals surface area contributed by atoms with E-state index in [9.17, 15) is 14.4 Å². The molecule has 2 aromatic heterocycles. The molecule has 4 aromatic carbocycles. The molecule has 0 radical (unpaired) electrons. The summed E-state index contributed by atoms with van der Waals surface area (Å²) in [6, 6.07) is 31.3. The summed E-state index contributed by atoms with van der Waals surface area (Å²) in [7, 11) is 0. The van der Waals surface area contributed by atoms with Crippen LogP contribution in [0.1, 0.15) is 65.9 Å². The number of hydrogen-bond acceptors (Lipinski definition) is 9. The Kier molecular flexibility index (Phi) is 10.0. The summed E-state index contributed by atoms with van der Waals surface area (Å²) in [5, 5.41) is 10.0. The molecule has 0 bridgehead atoms. The van der Waals surface area contributed by atoms with Crippen molar-refractivity contribution in [3.8, 4) is 22.5 Å². The van der Waals surface area contributed by atoms with Crippen molar-refractivity contribution < 1.29 is 19.1 Å². The van der Waals surface area contributed by atoms with Crippen molar-refractivity contribution in [3.05, 3.63) is 120 Å². The molecular weight excluding hydrogens is 743 g/mol. The Balaban J connectivity index is 0.822. The molecule has 0 N–H and O–H groups in total. The molecule has 59 heavy (non-hydrogen) atoms. The fourth-order valence-corrected chi connectivity index (χ4v) is 8.36. The van der Waals surface area contributed by atoms with Crippen molar-refractivity contribution in [2.75, 3.05) is 55.6 Å². The van der Waals surface area contributed by atoms with Crippen LogP contribution >= 0.6 is 0 Å². The van der Waals surface area contributed by atoms with Crippen molar-refractivity contribution in [2.24, 2.45) is 0 Å². The van der Waals surface area contributed by atoms with Gasteiger partial charge in [-0.2, -0.15) is 0 Å². The zero-order valence-electron chi connectivity index (χ0n) is 33.6. The Morgan fingerprint density at radius 2 is 1.39 bits per heavy atom. The van der Waals surface area contributed by atoms with Gasteiger partial charge in [0.1, 0.15) is 11.3 Å². The number of hydrogen-bond donors (Lipinski definition) is 0. The molecule has 13 heteroatoms. The van der Waals surface area contributed by atoms with E-state index in [4.69, 9.17) is 14.7 Å². The van der Waals surface area contributed by atoms with E-state index in [1.807, 2.05) is 102 Å². The average Bonchev–Trinajstić information content (AvgIpc) is 3.94. The van der Waals surface area contributed by atoms with Crippen LogP contribution in [0.4, 0.5) is 16.4 Å². The molecule has 0 unspecified atom stereocenters. The Hall–Kier alpha value is -6.63. The highest BCUT2D eigenvalue weighted by Crippen LogP contribution is 2.39. The van der Waals surface area contributed by atoms with Crippen LogP contribution in [0.25, 0.3) is 33.4 Å². The fourth-order valence-electron chi connectivity index (χ4n) is 8.36. The van der Waals surface area contributed by atoms with Gasteiger partial charge in [-0.25, -0.2) is 19.4 Å². The van der Waals surface area contributed by atoms with Crippen molar-refractivity contribution in [3.63, 3.8) is 0 Å². The van der Waals surface area contributed by atoms with Crippen LogP contribution in [0, 0.1) is 0 Å². The summed E-state index contributed by atoms with van der Waals surface area (Å²) in [6.07, 6.45) is 3.74. The number of fused-ring (bicyclic) bond motifs is 2. The zero-order valence-corrected chi connectivity index (χ0v) is 33.6. The van der Waals surface area contributed by atoms with E-state index in [2.05, 4.69) is 27.3 Å². The number of piperidine rings is 1. The molecular formula is C46H47N9O4. The molecule has 2 saturated heterocycles. The van der Waals surface area contributed by atoms with Gasteiger partial charge in [0.15, 0.2) is 0 Å². The number of piperazine rings is 1. The lowest BCUT2D eigenvalue weighted by atomic mass is 10.0. The van der Waals surface area contributed by atoms with E-state index in [1.54, 1.807) is 29.2 Å². The number of likely N-dealkylation sites (tertiary alicyclic amines) is 1. The highest BCUT2D eigenvalue weighted by atomic mass is 16.6. The molecule has 3 amide bonds. The van der Waals surface area contributed by atoms with Gasteiger partial charge in [0, 0.05) is 73.5 Å². The van der Waals surface area contributed by atoms with Gasteiger partial charge in [-0.05, 0) is 69.9 Å². The van der Waals surface area contributed by atoms with E-state index in [1.165, 1.54) is 0 Å². The van der Waals surface area contributed by atoms with Gasteiger partial charge in [-0.3, -0.25) is 14.5 Å².